The molecule has 0 aliphatic carbocycles. The third kappa shape index (κ3) is 5.05. The molecule has 1 saturated heterocycles. The zero-order valence-electron chi connectivity index (χ0n) is 20.1. The molecule has 186 valence electrons. The van der Waals surface area contributed by atoms with Gasteiger partial charge in [0.15, 0.2) is 5.41 Å². The van der Waals surface area contributed by atoms with Gasteiger partial charge in [-0.25, -0.2) is 0 Å². The maximum Gasteiger partial charge on any atom is 0.325 e. The van der Waals surface area contributed by atoms with Gasteiger partial charge in [0.25, 0.3) is 0 Å². The summed E-state index contributed by atoms with van der Waals surface area (Å²) in [6, 6.07) is 23.8. The monoisotopic (exact) mass is 523 g/mol. The number of nitrogens with zero attached hydrogens (tertiary/aromatic N) is 1. The number of carbonyl (C=O) groups is 2. The summed E-state index contributed by atoms with van der Waals surface area (Å²) in [7, 11) is 2.56. The normalized spacial score (nSPS) is 19.3. The number of benzene rings is 3. The van der Waals surface area contributed by atoms with E-state index in [-0.39, 0.29) is 12.5 Å². The van der Waals surface area contributed by atoms with Gasteiger partial charge in [-0.05, 0) is 35.2 Å². The molecular weight excluding hydrogens is 497 g/mol. The number of halogens is 2. The first-order chi connectivity index (χ1) is 17.4. The maximum absolute atomic E-state index is 13.5. The predicted molar refractivity (Wildman–Crippen MR) is 142 cm³/mol. The number of ether oxygens (including phenoxy) is 2. The largest absolute Gasteiger partial charge is 0.468 e. The van der Waals surface area contributed by atoms with Crippen LogP contribution in [-0.4, -0.2) is 37.1 Å². The van der Waals surface area contributed by atoms with E-state index in [9.17, 15) is 9.59 Å². The van der Waals surface area contributed by atoms with E-state index in [1.165, 1.54) is 14.2 Å². The lowest BCUT2D eigenvalue weighted by Gasteiger charge is -2.35. The van der Waals surface area contributed by atoms with Crippen molar-refractivity contribution in [2.45, 2.75) is 25.0 Å². The van der Waals surface area contributed by atoms with Gasteiger partial charge in [0, 0.05) is 22.6 Å². The Morgan fingerprint density at radius 3 is 2.14 bits per heavy atom. The van der Waals surface area contributed by atoms with Crippen molar-refractivity contribution in [1.29, 1.82) is 0 Å². The van der Waals surface area contributed by atoms with Crippen LogP contribution in [0.4, 0.5) is 0 Å². The van der Waals surface area contributed by atoms with Crippen molar-refractivity contribution in [1.82, 2.24) is 4.90 Å². The highest BCUT2D eigenvalue weighted by Gasteiger charge is 2.63. The van der Waals surface area contributed by atoms with Crippen molar-refractivity contribution in [2.75, 3.05) is 14.2 Å². The van der Waals surface area contributed by atoms with Crippen LogP contribution in [0.5, 0.6) is 0 Å². The highest BCUT2D eigenvalue weighted by molar-refractivity contribution is 6.35. The summed E-state index contributed by atoms with van der Waals surface area (Å²) < 4.78 is 10.5. The van der Waals surface area contributed by atoms with Crippen LogP contribution in [-0.2, 0) is 25.6 Å². The van der Waals surface area contributed by atoms with Gasteiger partial charge in [-0.15, -0.1) is 0 Å². The van der Waals surface area contributed by atoms with Gasteiger partial charge in [-0.1, -0.05) is 102 Å². The molecule has 36 heavy (non-hydrogen) atoms. The molecule has 0 amide bonds. The molecule has 3 aromatic rings. The first-order valence-electron chi connectivity index (χ1n) is 11.6. The summed E-state index contributed by atoms with van der Waals surface area (Å²) in [5.41, 5.74) is 0.994. The minimum absolute atomic E-state index is 0.159. The molecule has 3 aromatic carbocycles. The van der Waals surface area contributed by atoms with Crippen molar-refractivity contribution in [2.24, 2.45) is 5.41 Å². The standard InChI is InChI=1S/C29H27Cl2NO4/c1-35-27(33)29(28(34)36-2)18-23(15-13-20-9-5-3-6-10-20)32(19-21-11-7-4-8-12-21)26(29)24-16-14-22(30)17-25(24)31/h3-17,23,26H,18-19H2,1-2H3/b15-13+/t23-,26+/m0/s1. The van der Waals surface area contributed by atoms with E-state index in [1.807, 2.05) is 72.8 Å². The highest BCUT2D eigenvalue weighted by Crippen LogP contribution is 2.54. The third-order valence-electron chi connectivity index (χ3n) is 6.63. The fraction of sp³-hybridized carbons (Fsp3) is 0.241. The Hall–Kier alpha value is -3.12. The van der Waals surface area contributed by atoms with Crippen molar-refractivity contribution >= 4 is 41.2 Å². The minimum Gasteiger partial charge on any atom is -0.468 e. The molecule has 1 heterocycles. The summed E-state index contributed by atoms with van der Waals surface area (Å²) in [6.07, 6.45) is 4.17. The lowest BCUT2D eigenvalue weighted by molar-refractivity contribution is -0.171. The Balaban J connectivity index is 1.91. The average Bonchev–Trinajstić information content (AvgIpc) is 3.22. The zero-order chi connectivity index (χ0) is 25.7. The van der Waals surface area contributed by atoms with Crippen molar-refractivity contribution in [3.05, 3.63) is 112 Å². The van der Waals surface area contributed by atoms with E-state index in [1.54, 1.807) is 18.2 Å². The molecule has 0 unspecified atom stereocenters. The molecule has 0 N–H and O–H groups in total. The maximum atomic E-state index is 13.5. The van der Waals surface area contributed by atoms with Gasteiger partial charge in [-0.2, -0.15) is 0 Å². The fourth-order valence-electron chi connectivity index (χ4n) is 5.01. The number of rotatable bonds is 7. The van der Waals surface area contributed by atoms with E-state index in [2.05, 4.69) is 4.90 Å². The van der Waals surface area contributed by atoms with Crippen molar-refractivity contribution in [3.8, 4) is 0 Å². The number of hydrogen-bond donors (Lipinski definition) is 0. The molecule has 2 atom stereocenters. The molecule has 0 saturated carbocycles. The van der Waals surface area contributed by atoms with Crippen LogP contribution >= 0.6 is 23.2 Å². The van der Waals surface area contributed by atoms with Crippen molar-refractivity contribution < 1.29 is 19.1 Å². The smallest absolute Gasteiger partial charge is 0.325 e. The van der Waals surface area contributed by atoms with Crippen LogP contribution in [0.1, 0.15) is 29.2 Å². The van der Waals surface area contributed by atoms with Crippen LogP contribution in [0.2, 0.25) is 10.0 Å². The molecule has 1 fully saturated rings. The molecule has 0 spiro atoms. The van der Waals surface area contributed by atoms with Gasteiger partial charge in [-0.3, -0.25) is 14.5 Å². The topological polar surface area (TPSA) is 55.8 Å². The molecular formula is C29H27Cl2NO4. The van der Waals surface area contributed by atoms with Crippen LogP contribution in [0.25, 0.3) is 6.08 Å². The Labute approximate surface area is 221 Å². The van der Waals surface area contributed by atoms with E-state index in [0.29, 0.717) is 22.2 Å². The highest BCUT2D eigenvalue weighted by atomic mass is 35.5. The first-order valence-corrected chi connectivity index (χ1v) is 12.3. The summed E-state index contributed by atoms with van der Waals surface area (Å²) in [4.78, 5) is 29.1. The zero-order valence-corrected chi connectivity index (χ0v) is 21.6. The van der Waals surface area contributed by atoms with Gasteiger partial charge < -0.3 is 9.47 Å². The second-order valence-electron chi connectivity index (χ2n) is 8.72. The summed E-state index contributed by atoms with van der Waals surface area (Å²) >= 11 is 12.9. The number of esters is 2. The molecule has 0 radical (unpaired) electrons. The fourth-order valence-corrected chi connectivity index (χ4v) is 5.52. The van der Waals surface area contributed by atoms with Gasteiger partial charge in [0.2, 0.25) is 0 Å². The first kappa shape index (κ1) is 26.0. The second-order valence-corrected chi connectivity index (χ2v) is 9.57. The number of methoxy groups -OCH3 is 2. The molecule has 4 rings (SSSR count). The van der Waals surface area contributed by atoms with Gasteiger partial charge in [0.05, 0.1) is 20.3 Å². The summed E-state index contributed by atoms with van der Waals surface area (Å²) in [5, 5.41) is 0.814. The molecule has 1 aliphatic heterocycles. The van der Waals surface area contributed by atoms with E-state index in [0.717, 1.165) is 11.1 Å². The Morgan fingerprint density at radius 1 is 0.944 bits per heavy atom. The molecule has 0 aromatic heterocycles. The average molecular weight is 524 g/mol. The van der Waals surface area contributed by atoms with Crippen LogP contribution < -0.4 is 0 Å². The number of carbonyl (C=O) groups excluding carboxylic acids is 2. The molecule has 1 aliphatic rings. The Bertz CT molecular complexity index is 1230. The van der Waals surface area contributed by atoms with E-state index >= 15 is 0 Å². The van der Waals surface area contributed by atoms with Gasteiger partial charge in [0.1, 0.15) is 0 Å². The Kier molecular flexibility index (Phi) is 8.14. The minimum atomic E-state index is -1.64. The van der Waals surface area contributed by atoms with Crippen molar-refractivity contribution in [3.63, 3.8) is 0 Å². The molecule has 0 bridgehead atoms. The predicted octanol–water partition coefficient (Wildman–Crippen LogP) is 6.35. The quantitative estimate of drug-likeness (QED) is 0.266. The molecule has 5 nitrogen and oxygen atoms in total. The third-order valence-corrected chi connectivity index (χ3v) is 7.19. The van der Waals surface area contributed by atoms with Crippen LogP contribution in [0.3, 0.4) is 0 Å². The summed E-state index contributed by atoms with van der Waals surface area (Å²) in [6.45, 7) is 0.462. The van der Waals surface area contributed by atoms with Gasteiger partial charge >= 0.3 is 11.9 Å². The SMILES string of the molecule is COC(=O)C1(C(=O)OC)C[C@H](/C=C/c2ccccc2)N(Cc2ccccc2)[C@@H]1c1ccc(Cl)cc1Cl. The lowest BCUT2D eigenvalue weighted by Crippen LogP contribution is -2.46. The van der Waals surface area contributed by atoms with Crippen LogP contribution in [0.15, 0.2) is 84.9 Å². The molecule has 7 heteroatoms. The summed E-state index contributed by atoms with van der Waals surface area (Å²) in [5.74, 6) is -1.34. The number of hydrogen-bond acceptors (Lipinski definition) is 5. The van der Waals surface area contributed by atoms with E-state index in [4.69, 9.17) is 32.7 Å². The lowest BCUT2D eigenvalue weighted by atomic mass is 9.76. The van der Waals surface area contributed by atoms with Crippen LogP contribution in [0, 0.1) is 5.41 Å². The van der Waals surface area contributed by atoms with E-state index < -0.39 is 23.4 Å². The second kappa shape index (κ2) is 11.3. The number of likely N-dealkylation sites (tertiary alicyclic amines) is 1. The Morgan fingerprint density at radius 2 is 1.56 bits per heavy atom.